The molecule has 4 nitrogen and oxygen atoms in total. The van der Waals surface area contributed by atoms with Crippen LogP contribution in [0, 0.1) is 5.41 Å². The second-order valence-corrected chi connectivity index (χ2v) is 4.32. The van der Waals surface area contributed by atoms with E-state index in [2.05, 4.69) is 10.6 Å². The number of nitrogens with one attached hydrogen (secondary N) is 2. The SMILES string of the molecule is CNC(=O)N1CCC2(CNC2)C(F)(F)C1. The largest absolute Gasteiger partial charge is 0.341 e. The number of hydrogen-bond acceptors (Lipinski definition) is 2. The van der Waals surface area contributed by atoms with Gasteiger partial charge in [0.15, 0.2) is 0 Å². The van der Waals surface area contributed by atoms with Crippen molar-refractivity contribution < 1.29 is 13.6 Å². The second-order valence-electron chi connectivity index (χ2n) is 4.32. The van der Waals surface area contributed by atoms with Crippen molar-refractivity contribution in [3.8, 4) is 0 Å². The fraction of sp³-hybridized carbons (Fsp3) is 0.889. The average molecular weight is 219 g/mol. The van der Waals surface area contributed by atoms with Gasteiger partial charge in [-0.1, -0.05) is 0 Å². The first-order valence-electron chi connectivity index (χ1n) is 5.06. The zero-order valence-electron chi connectivity index (χ0n) is 8.65. The molecule has 0 radical (unpaired) electrons. The molecule has 0 atom stereocenters. The lowest BCUT2D eigenvalue weighted by Crippen LogP contribution is -2.69. The zero-order chi connectivity index (χ0) is 11.1. The summed E-state index contributed by atoms with van der Waals surface area (Å²) in [7, 11) is 1.45. The Kier molecular flexibility index (Phi) is 2.33. The summed E-state index contributed by atoms with van der Waals surface area (Å²) in [5, 5.41) is 5.26. The van der Waals surface area contributed by atoms with Crippen molar-refractivity contribution in [2.24, 2.45) is 5.41 Å². The molecular weight excluding hydrogens is 204 g/mol. The standard InChI is InChI=1S/C9H15F2N3O/c1-12-7(15)14-3-2-8(4-13-5-8)9(10,11)6-14/h13H,2-6H2,1H3,(H,12,15). The number of halogens is 2. The van der Waals surface area contributed by atoms with Gasteiger partial charge in [0.1, 0.15) is 0 Å². The van der Waals surface area contributed by atoms with E-state index in [9.17, 15) is 13.6 Å². The minimum Gasteiger partial charge on any atom is -0.341 e. The molecule has 2 N–H and O–H groups in total. The van der Waals surface area contributed by atoms with E-state index in [1.807, 2.05) is 0 Å². The quantitative estimate of drug-likeness (QED) is 0.613. The first-order valence-corrected chi connectivity index (χ1v) is 5.06. The van der Waals surface area contributed by atoms with E-state index in [-0.39, 0.29) is 0 Å². The molecule has 15 heavy (non-hydrogen) atoms. The van der Waals surface area contributed by atoms with Gasteiger partial charge in [-0.25, -0.2) is 13.6 Å². The Morgan fingerprint density at radius 3 is 2.53 bits per heavy atom. The molecule has 2 fully saturated rings. The summed E-state index contributed by atoms with van der Waals surface area (Å²) in [4.78, 5) is 12.4. The van der Waals surface area contributed by atoms with E-state index in [4.69, 9.17) is 0 Å². The third-order valence-electron chi connectivity index (χ3n) is 3.45. The van der Waals surface area contributed by atoms with Gasteiger partial charge in [-0.3, -0.25) is 0 Å². The molecule has 0 aliphatic carbocycles. The molecular formula is C9H15F2N3O. The van der Waals surface area contributed by atoms with Crippen LogP contribution in [0.3, 0.4) is 0 Å². The molecule has 2 heterocycles. The molecule has 2 saturated heterocycles. The van der Waals surface area contributed by atoms with Gasteiger partial charge in [-0.15, -0.1) is 0 Å². The predicted molar refractivity (Wildman–Crippen MR) is 50.9 cm³/mol. The Morgan fingerprint density at radius 2 is 2.13 bits per heavy atom. The monoisotopic (exact) mass is 219 g/mol. The molecule has 2 rings (SSSR count). The fourth-order valence-corrected chi connectivity index (χ4v) is 2.21. The molecule has 0 aromatic carbocycles. The van der Waals surface area contributed by atoms with E-state index in [1.165, 1.54) is 11.9 Å². The summed E-state index contributed by atoms with van der Waals surface area (Å²) in [5.74, 6) is -2.77. The summed E-state index contributed by atoms with van der Waals surface area (Å²) in [6, 6.07) is -0.420. The van der Waals surface area contributed by atoms with Gasteiger partial charge in [0, 0.05) is 26.7 Å². The highest BCUT2D eigenvalue weighted by Crippen LogP contribution is 2.46. The van der Waals surface area contributed by atoms with Crippen molar-refractivity contribution in [1.29, 1.82) is 0 Å². The van der Waals surface area contributed by atoms with Crippen LogP contribution in [-0.2, 0) is 0 Å². The Labute approximate surface area is 87.0 Å². The Hall–Kier alpha value is -0.910. The number of rotatable bonds is 0. The van der Waals surface area contributed by atoms with Crippen molar-refractivity contribution in [2.45, 2.75) is 12.3 Å². The van der Waals surface area contributed by atoms with Crippen LogP contribution in [0.15, 0.2) is 0 Å². The van der Waals surface area contributed by atoms with E-state index >= 15 is 0 Å². The van der Waals surface area contributed by atoms with Gasteiger partial charge in [0.05, 0.1) is 12.0 Å². The second kappa shape index (κ2) is 3.30. The number of alkyl halides is 2. The fourth-order valence-electron chi connectivity index (χ4n) is 2.21. The predicted octanol–water partition coefficient (Wildman–Crippen LogP) is 0.256. The number of carbonyl (C=O) groups excluding carboxylic acids is 1. The number of hydrogen-bond donors (Lipinski definition) is 2. The lowest BCUT2D eigenvalue weighted by Gasteiger charge is -2.52. The lowest BCUT2D eigenvalue weighted by atomic mass is 9.70. The summed E-state index contributed by atoms with van der Waals surface area (Å²) in [5.41, 5.74) is -0.905. The number of carbonyl (C=O) groups is 1. The first-order chi connectivity index (χ1) is 7.01. The molecule has 0 saturated carbocycles. The van der Waals surface area contributed by atoms with Crippen LogP contribution in [0.4, 0.5) is 13.6 Å². The molecule has 0 unspecified atom stereocenters. The highest BCUT2D eigenvalue weighted by Gasteiger charge is 2.60. The first kappa shape index (κ1) is 10.6. The van der Waals surface area contributed by atoms with E-state index in [1.54, 1.807) is 0 Å². The molecule has 2 aliphatic rings. The molecule has 1 spiro atoms. The van der Waals surface area contributed by atoms with Gasteiger partial charge >= 0.3 is 6.03 Å². The number of urea groups is 1. The van der Waals surface area contributed by atoms with Crippen LogP contribution < -0.4 is 10.6 Å². The maximum absolute atomic E-state index is 13.8. The van der Waals surface area contributed by atoms with Gasteiger partial charge in [-0.2, -0.15) is 0 Å². The van der Waals surface area contributed by atoms with Crippen LogP contribution in [0.5, 0.6) is 0 Å². The van der Waals surface area contributed by atoms with Crippen LogP contribution in [-0.4, -0.2) is 50.1 Å². The minimum absolute atomic E-state index is 0.363. The highest BCUT2D eigenvalue weighted by molar-refractivity contribution is 5.74. The average Bonchev–Trinajstić information content (AvgIpc) is 2.12. The van der Waals surface area contributed by atoms with Crippen molar-refractivity contribution in [2.75, 3.05) is 33.2 Å². The van der Waals surface area contributed by atoms with Crippen LogP contribution in [0.25, 0.3) is 0 Å². The number of amides is 2. The molecule has 0 aromatic rings. The number of piperidine rings is 1. The molecule has 86 valence electrons. The Bertz CT molecular complexity index is 279. The molecule has 2 aliphatic heterocycles. The van der Waals surface area contributed by atoms with Crippen molar-refractivity contribution in [1.82, 2.24) is 15.5 Å². The third-order valence-corrected chi connectivity index (χ3v) is 3.45. The topological polar surface area (TPSA) is 44.4 Å². The number of likely N-dealkylation sites (tertiary alicyclic amines) is 1. The molecule has 6 heteroatoms. The van der Waals surface area contributed by atoms with Gasteiger partial charge in [0.2, 0.25) is 0 Å². The van der Waals surface area contributed by atoms with Crippen molar-refractivity contribution in [3.05, 3.63) is 0 Å². The zero-order valence-corrected chi connectivity index (χ0v) is 8.65. The number of nitrogens with zero attached hydrogens (tertiary/aromatic N) is 1. The van der Waals surface area contributed by atoms with E-state index in [0.29, 0.717) is 26.1 Å². The maximum atomic E-state index is 13.8. The van der Waals surface area contributed by atoms with E-state index in [0.717, 1.165) is 0 Å². The molecule has 0 aromatic heterocycles. The Morgan fingerprint density at radius 1 is 1.47 bits per heavy atom. The highest BCUT2D eigenvalue weighted by atomic mass is 19.3. The summed E-state index contributed by atoms with van der Waals surface area (Å²) in [6.45, 7) is 0.675. The minimum atomic E-state index is -2.77. The summed E-state index contributed by atoms with van der Waals surface area (Å²) >= 11 is 0. The van der Waals surface area contributed by atoms with Gasteiger partial charge < -0.3 is 15.5 Å². The Balaban J connectivity index is 2.07. The van der Waals surface area contributed by atoms with Gasteiger partial charge in [-0.05, 0) is 6.42 Å². The summed E-state index contributed by atoms with van der Waals surface area (Å²) in [6.07, 6.45) is 0.375. The smallest absolute Gasteiger partial charge is 0.317 e. The normalized spacial score (nSPS) is 27.3. The van der Waals surface area contributed by atoms with Crippen LogP contribution >= 0.6 is 0 Å². The molecule has 2 amide bonds. The lowest BCUT2D eigenvalue weighted by molar-refractivity contribution is -0.180. The van der Waals surface area contributed by atoms with Crippen molar-refractivity contribution >= 4 is 6.03 Å². The molecule has 0 bridgehead atoms. The summed E-state index contributed by atoms with van der Waals surface area (Å²) < 4.78 is 27.6. The maximum Gasteiger partial charge on any atom is 0.317 e. The van der Waals surface area contributed by atoms with E-state index < -0.39 is 23.9 Å². The van der Waals surface area contributed by atoms with Crippen molar-refractivity contribution in [3.63, 3.8) is 0 Å². The van der Waals surface area contributed by atoms with Gasteiger partial charge in [0.25, 0.3) is 5.92 Å². The van der Waals surface area contributed by atoms with Crippen LogP contribution in [0.1, 0.15) is 6.42 Å². The third kappa shape index (κ3) is 1.47. The van der Waals surface area contributed by atoms with Crippen LogP contribution in [0.2, 0.25) is 0 Å².